The Labute approximate surface area is 144 Å². The zero-order valence-electron chi connectivity index (χ0n) is 11.8. The molecule has 0 aromatic heterocycles. The molecule has 0 aliphatic carbocycles. The Bertz CT molecular complexity index is 586. The first-order chi connectivity index (χ1) is 10.4. The van der Waals surface area contributed by atoms with Crippen molar-refractivity contribution in [2.75, 3.05) is 11.9 Å². The summed E-state index contributed by atoms with van der Waals surface area (Å²) in [4.78, 5) is 22.9. The predicted molar refractivity (Wildman–Crippen MR) is 93.3 cm³/mol. The van der Waals surface area contributed by atoms with Crippen molar-refractivity contribution in [2.24, 2.45) is 0 Å². The minimum atomic E-state index is -0.535. The number of anilines is 1. The van der Waals surface area contributed by atoms with Crippen LogP contribution in [0.25, 0.3) is 0 Å². The van der Waals surface area contributed by atoms with Crippen molar-refractivity contribution in [3.8, 4) is 0 Å². The first-order valence-electron chi connectivity index (χ1n) is 6.46. The number of para-hydroxylation sites is 1. The number of carbonyl (C=O) groups is 2. The molecule has 0 atom stereocenters. The van der Waals surface area contributed by atoms with E-state index in [9.17, 15) is 9.59 Å². The molecule has 118 valence electrons. The van der Waals surface area contributed by atoms with Gasteiger partial charge in [-0.3, -0.25) is 14.9 Å². The van der Waals surface area contributed by atoms with Gasteiger partial charge in [-0.05, 0) is 30.8 Å². The Morgan fingerprint density at radius 3 is 2.36 bits per heavy atom. The van der Waals surface area contributed by atoms with Gasteiger partial charge < -0.3 is 10.6 Å². The zero-order chi connectivity index (χ0) is 16.5. The normalized spacial score (nSPS) is 10.3. The molecule has 5 nitrogen and oxygen atoms in total. The van der Waals surface area contributed by atoms with Gasteiger partial charge in [0.15, 0.2) is 5.11 Å². The van der Waals surface area contributed by atoms with Crippen LogP contribution in [0.4, 0.5) is 5.69 Å². The minimum absolute atomic E-state index is 0.0265. The molecule has 0 saturated heterocycles. The Morgan fingerprint density at radius 1 is 1.18 bits per heavy atom. The third kappa shape index (κ3) is 6.43. The summed E-state index contributed by atoms with van der Waals surface area (Å²) in [7, 11) is 0. The average Bonchev–Trinajstić information content (AvgIpc) is 2.47. The van der Waals surface area contributed by atoms with E-state index in [-0.39, 0.29) is 11.0 Å². The van der Waals surface area contributed by atoms with Crippen LogP contribution >= 0.6 is 35.4 Å². The van der Waals surface area contributed by atoms with E-state index in [1.54, 1.807) is 18.2 Å². The van der Waals surface area contributed by atoms with Crippen molar-refractivity contribution in [1.29, 1.82) is 0 Å². The minimum Gasteiger partial charge on any atom is -0.353 e. The fraction of sp³-hybridized carbons (Fsp3) is 0.214. The van der Waals surface area contributed by atoms with Crippen LogP contribution in [0.3, 0.4) is 0 Å². The second kappa shape index (κ2) is 9.40. The van der Waals surface area contributed by atoms with Crippen LogP contribution in [0.2, 0.25) is 10.0 Å². The van der Waals surface area contributed by atoms with Crippen molar-refractivity contribution in [3.05, 3.63) is 40.4 Å². The number of rotatable bonds is 5. The van der Waals surface area contributed by atoms with Crippen molar-refractivity contribution >= 4 is 58.0 Å². The molecule has 22 heavy (non-hydrogen) atoms. The van der Waals surface area contributed by atoms with Gasteiger partial charge in [-0.1, -0.05) is 36.2 Å². The number of nitrogens with one attached hydrogen (secondary N) is 3. The molecular weight excluding hydrogens is 345 g/mol. The van der Waals surface area contributed by atoms with E-state index < -0.39 is 5.91 Å². The largest absolute Gasteiger partial charge is 0.353 e. The van der Waals surface area contributed by atoms with Gasteiger partial charge in [-0.2, -0.15) is 0 Å². The molecule has 0 fully saturated rings. The van der Waals surface area contributed by atoms with E-state index in [1.165, 1.54) is 0 Å². The molecule has 3 N–H and O–H groups in total. The van der Waals surface area contributed by atoms with E-state index >= 15 is 0 Å². The lowest BCUT2D eigenvalue weighted by Crippen LogP contribution is -2.33. The van der Waals surface area contributed by atoms with Crippen LogP contribution in [-0.2, 0) is 9.59 Å². The monoisotopic (exact) mass is 359 g/mol. The molecule has 0 heterocycles. The number of halogens is 2. The van der Waals surface area contributed by atoms with Crippen LogP contribution in [0.1, 0.15) is 13.3 Å². The highest BCUT2D eigenvalue weighted by Crippen LogP contribution is 2.29. The molecule has 1 aromatic rings. The van der Waals surface area contributed by atoms with Gasteiger partial charge in [0.05, 0.1) is 15.7 Å². The summed E-state index contributed by atoms with van der Waals surface area (Å²) in [5, 5.41) is 8.50. The molecule has 0 radical (unpaired) electrons. The van der Waals surface area contributed by atoms with Gasteiger partial charge in [0, 0.05) is 18.7 Å². The summed E-state index contributed by atoms with van der Waals surface area (Å²) in [5.41, 5.74) is 0.404. The van der Waals surface area contributed by atoms with Crippen molar-refractivity contribution in [1.82, 2.24) is 10.6 Å². The first kappa shape index (κ1) is 18.4. The van der Waals surface area contributed by atoms with Gasteiger partial charge >= 0.3 is 0 Å². The standard InChI is InChI=1S/C14H15Cl2N3O2S/c1-2-8-17-11(20)6-7-12(21)18-14(22)19-13-9(15)4-3-5-10(13)16/h3-7H,2,8H2,1H3,(H,17,20)(H2,18,19,21,22)/b7-6+. The molecule has 0 aliphatic heterocycles. The zero-order valence-corrected chi connectivity index (χ0v) is 14.1. The molecule has 0 unspecified atom stereocenters. The Balaban J connectivity index is 2.53. The second-order valence-corrected chi connectivity index (χ2v) is 5.39. The van der Waals surface area contributed by atoms with Crippen LogP contribution in [0.5, 0.6) is 0 Å². The number of benzene rings is 1. The fourth-order valence-corrected chi connectivity index (χ4v) is 2.07. The summed E-state index contributed by atoms with van der Waals surface area (Å²) < 4.78 is 0. The molecule has 0 saturated carbocycles. The number of thiocarbonyl (C=S) groups is 1. The summed E-state index contributed by atoms with van der Waals surface area (Å²) in [6.07, 6.45) is 3.04. The van der Waals surface area contributed by atoms with Crippen molar-refractivity contribution < 1.29 is 9.59 Å². The fourth-order valence-electron chi connectivity index (χ4n) is 1.37. The highest BCUT2D eigenvalue weighted by molar-refractivity contribution is 7.80. The quantitative estimate of drug-likeness (QED) is 0.558. The van der Waals surface area contributed by atoms with E-state index in [1.807, 2.05) is 6.92 Å². The van der Waals surface area contributed by atoms with Crippen molar-refractivity contribution in [2.45, 2.75) is 13.3 Å². The predicted octanol–water partition coefficient (Wildman–Crippen LogP) is 2.89. The topological polar surface area (TPSA) is 70.2 Å². The maximum absolute atomic E-state index is 11.6. The highest BCUT2D eigenvalue weighted by atomic mass is 35.5. The number of carbonyl (C=O) groups excluding carboxylic acids is 2. The van der Waals surface area contributed by atoms with Crippen LogP contribution in [0.15, 0.2) is 30.4 Å². The highest BCUT2D eigenvalue weighted by Gasteiger charge is 2.08. The van der Waals surface area contributed by atoms with Crippen LogP contribution < -0.4 is 16.0 Å². The SMILES string of the molecule is CCCNC(=O)/C=C/C(=O)NC(=S)Nc1c(Cl)cccc1Cl. The molecule has 8 heteroatoms. The molecule has 2 amide bonds. The maximum atomic E-state index is 11.6. The van der Waals surface area contributed by atoms with E-state index in [2.05, 4.69) is 16.0 Å². The van der Waals surface area contributed by atoms with E-state index in [0.717, 1.165) is 18.6 Å². The van der Waals surface area contributed by atoms with Gasteiger partial charge in [0.2, 0.25) is 11.8 Å². The Hall–Kier alpha value is -1.63. The average molecular weight is 360 g/mol. The first-order valence-corrected chi connectivity index (χ1v) is 7.62. The maximum Gasteiger partial charge on any atom is 0.250 e. The number of hydrogen-bond donors (Lipinski definition) is 3. The lowest BCUT2D eigenvalue weighted by atomic mass is 10.3. The Morgan fingerprint density at radius 2 is 1.77 bits per heavy atom. The third-order valence-corrected chi connectivity index (χ3v) is 3.21. The van der Waals surface area contributed by atoms with E-state index in [0.29, 0.717) is 22.3 Å². The molecular formula is C14H15Cl2N3O2S. The second-order valence-electron chi connectivity index (χ2n) is 4.16. The Kier molecular flexibility index (Phi) is 7.87. The van der Waals surface area contributed by atoms with Gasteiger partial charge in [-0.15, -0.1) is 0 Å². The van der Waals surface area contributed by atoms with Crippen LogP contribution in [0, 0.1) is 0 Å². The van der Waals surface area contributed by atoms with Gasteiger partial charge in [0.25, 0.3) is 0 Å². The molecule has 0 aliphatic rings. The lowest BCUT2D eigenvalue weighted by molar-refractivity contribution is -0.118. The third-order valence-electron chi connectivity index (χ3n) is 2.37. The number of amides is 2. The van der Waals surface area contributed by atoms with Gasteiger partial charge in [-0.25, -0.2) is 0 Å². The molecule has 0 bridgehead atoms. The molecule has 1 rings (SSSR count). The van der Waals surface area contributed by atoms with Crippen LogP contribution in [-0.4, -0.2) is 23.5 Å². The summed E-state index contributed by atoms with van der Waals surface area (Å²) in [6, 6.07) is 4.96. The lowest BCUT2D eigenvalue weighted by Gasteiger charge is -2.11. The van der Waals surface area contributed by atoms with Gasteiger partial charge in [0.1, 0.15) is 0 Å². The smallest absolute Gasteiger partial charge is 0.250 e. The molecule has 1 aromatic carbocycles. The molecule has 0 spiro atoms. The summed E-state index contributed by atoms with van der Waals surface area (Å²) >= 11 is 16.9. The van der Waals surface area contributed by atoms with E-state index in [4.69, 9.17) is 35.4 Å². The van der Waals surface area contributed by atoms with Crippen molar-refractivity contribution in [3.63, 3.8) is 0 Å². The number of hydrogen-bond acceptors (Lipinski definition) is 3. The summed E-state index contributed by atoms with van der Waals surface area (Å²) in [5.74, 6) is -0.877. The summed E-state index contributed by atoms with van der Waals surface area (Å²) in [6.45, 7) is 2.48.